The van der Waals surface area contributed by atoms with Gasteiger partial charge in [-0.3, -0.25) is 9.59 Å². The molecule has 0 heterocycles. The SMILES string of the molecule is CCCCCOC(=O)C(C)c1cc2cc(C(=O)O)ccc2c([C@H](C)C(=O)OCCCCC)c1C(=O)O. The lowest BCUT2D eigenvalue weighted by atomic mass is 9.83. The lowest BCUT2D eigenvalue weighted by Crippen LogP contribution is -2.22. The average Bonchev–Trinajstić information content (AvgIpc) is 2.86. The fraction of sp³-hybridized carbons (Fsp3) is 0.500. The lowest BCUT2D eigenvalue weighted by Gasteiger charge is -2.22. The van der Waals surface area contributed by atoms with Gasteiger partial charge in [-0.25, -0.2) is 9.59 Å². The van der Waals surface area contributed by atoms with Crippen LogP contribution in [0, 0.1) is 0 Å². The van der Waals surface area contributed by atoms with Crippen LogP contribution in [0.1, 0.15) is 110 Å². The molecule has 2 N–H and O–H groups in total. The van der Waals surface area contributed by atoms with E-state index in [2.05, 4.69) is 0 Å². The highest BCUT2D eigenvalue weighted by molar-refractivity contribution is 6.05. The Bertz CT molecular complexity index is 1100. The van der Waals surface area contributed by atoms with Gasteiger partial charge in [0.25, 0.3) is 0 Å². The number of esters is 2. The molecule has 8 nitrogen and oxygen atoms in total. The van der Waals surface area contributed by atoms with E-state index >= 15 is 0 Å². The first-order valence-corrected chi connectivity index (χ1v) is 12.5. The first kappa shape index (κ1) is 28.8. The number of benzene rings is 2. The zero-order valence-electron chi connectivity index (χ0n) is 21.5. The zero-order valence-corrected chi connectivity index (χ0v) is 21.5. The molecule has 0 saturated carbocycles. The molecular weight excluding hydrogens is 464 g/mol. The van der Waals surface area contributed by atoms with Crippen LogP contribution in [0.25, 0.3) is 10.8 Å². The molecule has 0 radical (unpaired) electrons. The molecule has 0 aliphatic rings. The van der Waals surface area contributed by atoms with Crippen molar-refractivity contribution in [1.29, 1.82) is 0 Å². The fourth-order valence-corrected chi connectivity index (χ4v) is 4.16. The molecule has 2 rings (SSSR count). The Balaban J connectivity index is 2.62. The van der Waals surface area contributed by atoms with E-state index in [0.717, 1.165) is 25.7 Å². The van der Waals surface area contributed by atoms with Crippen LogP contribution in [0.2, 0.25) is 0 Å². The van der Waals surface area contributed by atoms with E-state index in [9.17, 15) is 29.4 Å². The molecule has 0 spiro atoms. The van der Waals surface area contributed by atoms with Crippen LogP contribution in [0.3, 0.4) is 0 Å². The van der Waals surface area contributed by atoms with Gasteiger partial charge in [0.05, 0.1) is 36.2 Å². The van der Waals surface area contributed by atoms with E-state index in [-0.39, 0.29) is 35.5 Å². The summed E-state index contributed by atoms with van der Waals surface area (Å²) < 4.78 is 10.8. The smallest absolute Gasteiger partial charge is 0.336 e. The van der Waals surface area contributed by atoms with Gasteiger partial charge in [0.2, 0.25) is 0 Å². The number of fused-ring (bicyclic) bond motifs is 1. The Hall–Kier alpha value is -3.42. The van der Waals surface area contributed by atoms with Crippen LogP contribution < -0.4 is 0 Å². The molecular formula is C28H36O8. The summed E-state index contributed by atoms with van der Waals surface area (Å²) in [5, 5.41) is 20.5. The molecule has 2 aromatic rings. The highest BCUT2D eigenvalue weighted by Crippen LogP contribution is 2.37. The largest absolute Gasteiger partial charge is 0.478 e. The molecule has 0 fully saturated rings. The summed E-state index contributed by atoms with van der Waals surface area (Å²) in [5.41, 5.74) is 0.199. The molecule has 36 heavy (non-hydrogen) atoms. The molecule has 2 atom stereocenters. The summed E-state index contributed by atoms with van der Waals surface area (Å²) in [6, 6.07) is 5.78. The van der Waals surface area contributed by atoms with Crippen molar-refractivity contribution in [2.24, 2.45) is 0 Å². The van der Waals surface area contributed by atoms with Crippen molar-refractivity contribution in [2.45, 2.75) is 78.1 Å². The predicted molar refractivity (Wildman–Crippen MR) is 136 cm³/mol. The summed E-state index contributed by atoms with van der Waals surface area (Å²) in [4.78, 5) is 49.8. The van der Waals surface area contributed by atoms with Crippen LogP contribution in [0.15, 0.2) is 24.3 Å². The Morgan fingerprint density at radius 3 is 1.83 bits per heavy atom. The standard InChI is InChI=1S/C28H36O8/c1-5-7-9-13-35-27(33)17(3)22-16-20-15-19(25(29)30)11-12-21(20)23(24(22)26(31)32)18(4)28(34)36-14-10-8-6-2/h11-12,15-18H,5-10,13-14H2,1-4H3,(H,29,30)(H,31,32)/t17?,18-/m0/s1. The highest BCUT2D eigenvalue weighted by atomic mass is 16.5. The molecule has 0 aromatic heterocycles. The zero-order chi connectivity index (χ0) is 26.8. The third-order valence-electron chi connectivity index (χ3n) is 6.26. The third kappa shape index (κ3) is 7.06. The number of carboxylic acid groups (broad SMARTS) is 2. The molecule has 196 valence electrons. The molecule has 0 saturated heterocycles. The van der Waals surface area contributed by atoms with Crippen LogP contribution >= 0.6 is 0 Å². The molecule has 2 aromatic carbocycles. The second-order valence-electron chi connectivity index (χ2n) is 8.99. The summed E-state index contributed by atoms with van der Waals surface area (Å²) in [6.45, 7) is 7.62. The van der Waals surface area contributed by atoms with Crippen LogP contribution in [-0.4, -0.2) is 47.3 Å². The summed E-state index contributed by atoms with van der Waals surface area (Å²) >= 11 is 0. The molecule has 0 aliphatic heterocycles. The third-order valence-corrected chi connectivity index (χ3v) is 6.26. The summed E-state index contributed by atoms with van der Waals surface area (Å²) in [5.74, 6) is -5.49. The van der Waals surface area contributed by atoms with Crippen LogP contribution in [0.5, 0.6) is 0 Å². The summed E-state index contributed by atoms with van der Waals surface area (Å²) in [7, 11) is 0. The Kier molecular flexibility index (Phi) is 10.9. The highest BCUT2D eigenvalue weighted by Gasteiger charge is 2.32. The maximum atomic E-state index is 12.9. The van der Waals surface area contributed by atoms with Gasteiger partial charge >= 0.3 is 23.9 Å². The number of unbranched alkanes of at least 4 members (excludes halogenated alkanes) is 4. The van der Waals surface area contributed by atoms with Crippen molar-refractivity contribution < 1.29 is 38.9 Å². The fourth-order valence-electron chi connectivity index (χ4n) is 4.16. The van der Waals surface area contributed by atoms with Gasteiger partial charge < -0.3 is 19.7 Å². The van der Waals surface area contributed by atoms with Crippen molar-refractivity contribution >= 4 is 34.6 Å². The van der Waals surface area contributed by atoms with E-state index in [1.54, 1.807) is 13.8 Å². The molecule has 0 aliphatic carbocycles. The second-order valence-corrected chi connectivity index (χ2v) is 8.99. The van der Waals surface area contributed by atoms with Gasteiger partial charge in [0.1, 0.15) is 0 Å². The number of carbonyl (C=O) groups excluding carboxylic acids is 2. The number of ether oxygens (including phenoxy) is 2. The minimum Gasteiger partial charge on any atom is -0.478 e. The van der Waals surface area contributed by atoms with Gasteiger partial charge in [-0.1, -0.05) is 45.6 Å². The topological polar surface area (TPSA) is 127 Å². The van der Waals surface area contributed by atoms with Gasteiger partial charge in [-0.2, -0.15) is 0 Å². The quantitative estimate of drug-likeness (QED) is 0.242. The first-order valence-electron chi connectivity index (χ1n) is 12.5. The van der Waals surface area contributed by atoms with Crippen molar-refractivity contribution in [1.82, 2.24) is 0 Å². The van der Waals surface area contributed by atoms with Gasteiger partial charge in [-0.15, -0.1) is 0 Å². The van der Waals surface area contributed by atoms with E-state index in [1.165, 1.54) is 24.3 Å². The van der Waals surface area contributed by atoms with Gasteiger partial charge in [-0.05, 0) is 66.8 Å². The molecule has 8 heteroatoms. The molecule has 1 unspecified atom stereocenters. The number of rotatable bonds is 14. The number of hydrogen-bond acceptors (Lipinski definition) is 6. The van der Waals surface area contributed by atoms with E-state index in [1.807, 2.05) is 13.8 Å². The molecule has 0 bridgehead atoms. The van der Waals surface area contributed by atoms with Gasteiger partial charge in [0.15, 0.2) is 0 Å². The molecule has 0 amide bonds. The van der Waals surface area contributed by atoms with Crippen molar-refractivity contribution in [3.63, 3.8) is 0 Å². The van der Waals surface area contributed by atoms with Gasteiger partial charge in [0, 0.05) is 0 Å². The number of carboxylic acids is 2. The van der Waals surface area contributed by atoms with E-state index in [4.69, 9.17) is 9.47 Å². The summed E-state index contributed by atoms with van der Waals surface area (Å²) in [6.07, 6.45) is 5.12. The van der Waals surface area contributed by atoms with Crippen molar-refractivity contribution in [3.05, 3.63) is 46.5 Å². The minimum absolute atomic E-state index is 0.00654. The maximum absolute atomic E-state index is 12.9. The van der Waals surface area contributed by atoms with Crippen LogP contribution in [-0.2, 0) is 19.1 Å². The maximum Gasteiger partial charge on any atom is 0.336 e. The Morgan fingerprint density at radius 1 is 0.778 bits per heavy atom. The monoisotopic (exact) mass is 500 g/mol. The lowest BCUT2D eigenvalue weighted by molar-refractivity contribution is -0.145. The number of aromatic carboxylic acids is 2. The Labute approximate surface area is 211 Å². The van der Waals surface area contributed by atoms with E-state index in [0.29, 0.717) is 23.6 Å². The minimum atomic E-state index is -1.29. The van der Waals surface area contributed by atoms with E-state index < -0.39 is 35.7 Å². The van der Waals surface area contributed by atoms with Crippen molar-refractivity contribution in [3.8, 4) is 0 Å². The number of carbonyl (C=O) groups is 4. The first-order chi connectivity index (χ1) is 17.1. The Morgan fingerprint density at radius 2 is 1.33 bits per heavy atom. The van der Waals surface area contributed by atoms with Crippen LogP contribution in [0.4, 0.5) is 0 Å². The average molecular weight is 501 g/mol. The van der Waals surface area contributed by atoms with Crippen molar-refractivity contribution in [2.75, 3.05) is 13.2 Å². The predicted octanol–water partition coefficient (Wildman–Crippen LogP) is 5.91. The second kappa shape index (κ2) is 13.6. The normalized spacial score (nSPS) is 12.7. The number of hydrogen-bond donors (Lipinski definition) is 2.